The number of benzene rings is 1. The molecule has 18 heavy (non-hydrogen) atoms. The van der Waals surface area contributed by atoms with E-state index in [0.717, 1.165) is 14.0 Å². The van der Waals surface area contributed by atoms with Crippen molar-refractivity contribution in [3.63, 3.8) is 0 Å². The Hall–Kier alpha value is -1.48. The highest BCUT2D eigenvalue weighted by Crippen LogP contribution is 2.29. The molecule has 0 unspecified atom stereocenters. The first-order chi connectivity index (χ1) is 8.74. The van der Waals surface area contributed by atoms with Crippen LogP contribution in [-0.2, 0) is 0 Å². The zero-order valence-electron chi connectivity index (χ0n) is 9.00. The van der Waals surface area contributed by atoms with Crippen LogP contribution in [0, 0.1) is 3.57 Å². The van der Waals surface area contributed by atoms with Crippen molar-refractivity contribution in [3.05, 3.63) is 33.5 Å². The van der Waals surface area contributed by atoms with Crippen molar-refractivity contribution in [2.75, 3.05) is 5.73 Å². The minimum Gasteiger partial charge on any atom is -0.398 e. The normalized spacial score (nSPS) is 10.7. The molecule has 90 valence electrons. The standard InChI is InChI=1S/C11H7IN4OS/c12-6-1-2-8(13)7(3-6)11-15-10(16-17-11)9-4-14-5-18-9/h1-5H,13H2. The summed E-state index contributed by atoms with van der Waals surface area (Å²) < 4.78 is 6.31. The smallest absolute Gasteiger partial charge is 0.260 e. The number of halogens is 1. The first-order valence-corrected chi connectivity index (χ1v) is 6.98. The van der Waals surface area contributed by atoms with Gasteiger partial charge >= 0.3 is 0 Å². The van der Waals surface area contributed by atoms with E-state index in [1.54, 1.807) is 11.7 Å². The van der Waals surface area contributed by atoms with E-state index in [2.05, 4.69) is 37.7 Å². The number of aromatic nitrogens is 3. The summed E-state index contributed by atoms with van der Waals surface area (Å²) in [4.78, 5) is 9.19. The van der Waals surface area contributed by atoms with Crippen LogP contribution in [0.25, 0.3) is 22.2 Å². The van der Waals surface area contributed by atoms with Gasteiger partial charge in [0.1, 0.15) is 0 Å². The molecule has 2 aromatic heterocycles. The fourth-order valence-electron chi connectivity index (χ4n) is 1.47. The lowest BCUT2D eigenvalue weighted by molar-refractivity contribution is 0.432. The topological polar surface area (TPSA) is 77.8 Å². The number of nitrogens with two attached hydrogens (primary N) is 1. The van der Waals surface area contributed by atoms with Crippen LogP contribution >= 0.6 is 33.9 Å². The van der Waals surface area contributed by atoms with Crippen molar-refractivity contribution in [2.45, 2.75) is 0 Å². The summed E-state index contributed by atoms with van der Waals surface area (Å²) in [5.41, 5.74) is 9.01. The van der Waals surface area contributed by atoms with Crippen molar-refractivity contribution in [2.24, 2.45) is 0 Å². The molecule has 0 saturated carbocycles. The Morgan fingerprint density at radius 1 is 1.33 bits per heavy atom. The van der Waals surface area contributed by atoms with Gasteiger partial charge in [0, 0.05) is 15.5 Å². The second kappa shape index (κ2) is 4.65. The molecule has 0 aliphatic heterocycles. The van der Waals surface area contributed by atoms with Gasteiger partial charge in [0.15, 0.2) is 0 Å². The number of hydrogen-bond acceptors (Lipinski definition) is 6. The van der Waals surface area contributed by atoms with Crippen molar-refractivity contribution in [1.82, 2.24) is 15.1 Å². The molecule has 0 aliphatic rings. The predicted octanol–water partition coefficient (Wildman–Crippen LogP) is 3.05. The van der Waals surface area contributed by atoms with Crippen LogP contribution in [0.2, 0.25) is 0 Å². The molecule has 0 amide bonds. The molecule has 7 heteroatoms. The molecule has 0 bridgehead atoms. The molecule has 0 spiro atoms. The van der Waals surface area contributed by atoms with Crippen LogP contribution in [0.1, 0.15) is 0 Å². The van der Waals surface area contributed by atoms with Gasteiger partial charge in [0.05, 0.1) is 16.0 Å². The molecule has 0 aliphatic carbocycles. The summed E-state index contributed by atoms with van der Waals surface area (Å²) in [7, 11) is 0. The molecule has 0 atom stereocenters. The van der Waals surface area contributed by atoms with Crippen molar-refractivity contribution < 1.29 is 4.52 Å². The Labute approximate surface area is 120 Å². The zero-order chi connectivity index (χ0) is 12.5. The first-order valence-electron chi connectivity index (χ1n) is 5.02. The van der Waals surface area contributed by atoms with Gasteiger partial charge < -0.3 is 10.3 Å². The summed E-state index contributed by atoms with van der Waals surface area (Å²) in [6.07, 6.45) is 1.71. The lowest BCUT2D eigenvalue weighted by Gasteiger charge is -2.00. The van der Waals surface area contributed by atoms with Crippen LogP contribution in [-0.4, -0.2) is 15.1 Å². The highest BCUT2D eigenvalue weighted by Gasteiger charge is 2.14. The monoisotopic (exact) mass is 370 g/mol. The first kappa shape index (κ1) is 11.6. The molecule has 2 N–H and O–H groups in total. The van der Waals surface area contributed by atoms with Crippen LogP contribution < -0.4 is 5.73 Å². The number of hydrogen-bond donors (Lipinski definition) is 1. The predicted molar refractivity (Wildman–Crippen MR) is 78.0 cm³/mol. The van der Waals surface area contributed by atoms with E-state index in [4.69, 9.17) is 10.3 Å². The molecule has 2 heterocycles. The summed E-state index contributed by atoms with van der Waals surface area (Å²) >= 11 is 3.68. The average Bonchev–Trinajstić information content (AvgIpc) is 3.00. The molecule has 5 nitrogen and oxygen atoms in total. The molecule has 0 fully saturated rings. The molecule has 1 aromatic carbocycles. The Kier molecular flexibility index (Phi) is 3.00. The number of anilines is 1. The minimum atomic E-state index is 0.425. The molecule has 0 radical (unpaired) electrons. The van der Waals surface area contributed by atoms with Crippen LogP contribution in [0.4, 0.5) is 5.69 Å². The Bertz CT molecular complexity index is 680. The number of thiazole rings is 1. The number of nitrogen functional groups attached to an aromatic ring is 1. The maximum absolute atomic E-state index is 5.91. The Morgan fingerprint density at radius 2 is 2.22 bits per heavy atom. The van der Waals surface area contributed by atoms with Gasteiger partial charge in [0.25, 0.3) is 5.89 Å². The molecule has 3 aromatic rings. The SMILES string of the molecule is Nc1ccc(I)cc1-c1nc(-c2cncs2)no1. The number of rotatable bonds is 2. The van der Waals surface area contributed by atoms with E-state index in [1.807, 2.05) is 18.2 Å². The van der Waals surface area contributed by atoms with Crippen molar-refractivity contribution in [1.29, 1.82) is 0 Å². The Balaban J connectivity index is 2.05. The maximum Gasteiger partial charge on any atom is 0.260 e. The fourth-order valence-corrected chi connectivity index (χ4v) is 2.51. The second-order valence-electron chi connectivity index (χ2n) is 3.52. The van der Waals surface area contributed by atoms with E-state index in [-0.39, 0.29) is 0 Å². The summed E-state index contributed by atoms with van der Waals surface area (Å²) in [6.45, 7) is 0. The van der Waals surface area contributed by atoms with Gasteiger partial charge in [-0.05, 0) is 40.8 Å². The van der Waals surface area contributed by atoms with E-state index in [0.29, 0.717) is 17.4 Å². The minimum absolute atomic E-state index is 0.425. The zero-order valence-corrected chi connectivity index (χ0v) is 12.0. The third-order valence-electron chi connectivity index (χ3n) is 2.32. The van der Waals surface area contributed by atoms with Gasteiger partial charge in [-0.15, -0.1) is 11.3 Å². The second-order valence-corrected chi connectivity index (χ2v) is 5.65. The molecular weight excluding hydrogens is 363 g/mol. The lowest BCUT2D eigenvalue weighted by Crippen LogP contribution is -1.90. The van der Waals surface area contributed by atoms with Crippen molar-refractivity contribution in [3.8, 4) is 22.2 Å². The molecule has 3 rings (SSSR count). The van der Waals surface area contributed by atoms with Crippen LogP contribution in [0.15, 0.2) is 34.4 Å². The van der Waals surface area contributed by atoms with Gasteiger partial charge in [-0.25, -0.2) is 0 Å². The molecule has 0 saturated heterocycles. The van der Waals surface area contributed by atoms with Gasteiger partial charge in [-0.2, -0.15) is 4.98 Å². The van der Waals surface area contributed by atoms with E-state index < -0.39 is 0 Å². The quantitative estimate of drug-likeness (QED) is 0.554. The van der Waals surface area contributed by atoms with Crippen molar-refractivity contribution >= 4 is 39.6 Å². The third-order valence-corrected chi connectivity index (χ3v) is 3.76. The maximum atomic E-state index is 5.91. The van der Waals surface area contributed by atoms with Gasteiger partial charge in [-0.3, -0.25) is 4.98 Å². The van der Waals surface area contributed by atoms with Crippen LogP contribution in [0.5, 0.6) is 0 Å². The highest BCUT2D eigenvalue weighted by molar-refractivity contribution is 14.1. The summed E-state index contributed by atoms with van der Waals surface area (Å²) in [5.74, 6) is 0.958. The fraction of sp³-hybridized carbons (Fsp3) is 0. The van der Waals surface area contributed by atoms with E-state index in [9.17, 15) is 0 Å². The van der Waals surface area contributed by atoms with Crippen LogP contribution in [0.3, 0.4) is 0 Å². The highest BCUT2D eigenvalue weighted by atomic mass is 127. The van der Waals surface area contributed by atoms with Gasteiger partial charge in [0.2, 0.25) is 5.82 Å². The third kappa shape index (κ3) is 2.10. The summed E-state index contributed by atoms with van der Waals surface area (Å²) in [6, 6.07) is 5.67. The lowest BCUT2D eigenvalue weighted by atomic mass is 10.2. The van der Waals surface area contributed by atoms with Gasteiger partial charge in [-0.1, -0.05) is 5.16 Å². The molecular formula is C11H7IN4OS. The number of nitrogens with zero attached hydrogens (tertiary/aromatic N) is 3. The van der Waals surface area contributed by atoms with E-state index in [1.165, 1.54) is 11.3 Å². The summed E-state index contributed by atoms with van der Waals surface area (Å²) in [5, 5.41) is 3.93. The average molecular weight is 370 g/mol. The largest absolute Gasteiger partial charge is 0.398 e. The van der Waals surface area contributed by atoms with E-state index >= 15 is 0 Å². The Morgan fingerprint density at radius 3 is 3.00 bits per heavy atom.